The molecule has 3 rings (SSSR count). The minimum atomic E-state index is -0.346. The minimum absolute atomic E-state index is 0.0671. The van der Waals surface area contributed by atoms with Crippen LogP contribution in [0.3, 0.4) is 0 Å². The molecule has 0 radical (unpaired) electrons. The highest BCUT2D eigenvalue weighted by atomic mass is 19.1. The molecule has 1 saturated heterocycles. The topological polar surface area (TPSA) is 37.6 Å². The Morgan fingerprint density at radius 3 is 2.71 bits per heavy atom. The minimum Gasteiger partial charge on any atom is -0.494 e. The van der Waals surface area contributed by atoms with Crippen molar-refractivity contribution in [3.63, 3.8) is 0 Å². The number of methoxy groups -OCH3 is 1. The van der Waals surface area contributed by atoms with Crippen molar-refractivity contribution in [3.8, 4) is 5.75 Å². The van der Waals surface area contributed by atoms with E-state index in [9.17, 15) is 4.39 Å². The van der Waals surface area contributed by atoms with E-state index in [4.69, 9.17) is 9.15 Å². The summed E-state index contributed by atoms with van der Waals surface area (Å²) in [4.78, 5) is 2.30. The molecule has 5 heteroatoms. The molecular formula is C16H19FN2O2. The lowest BCUT2D eigenvalue weighted by molar-refractivity contribution is 0.179. The highest BCUT2D eigenvalue weighted by Crippen LogP contribution is 2.31. The molecule has 0 amide bonds. The maximum absolute atomic E-state index is 14.0. The van der Waals surface area contributed by atoms with Crippen LogP contribution in [0.4, 0.5) is 4.39 Å². The Morgan fingerprint density at radius 1 is 1.29 bits per heavy atom. The van der Waals surface area contributed by atoms with Crippen LogP contribution in [0.2, 0.25) is 0 Å². The molecular weight excluding hydrogens is 271 g/mol. The second kappa shape index (κ2) is 6.28. The van der Waals surface area contributed by atoms with Crippen molar-refractivity contribution in [1.29, 1.82) is 0 Å². The van der Waals surface area contributed by atoms with Crippen molar-refractivity contribution < 1.29 is 13.5 Å². The van der Waals surface area contributed by atoms with Crippen LogP contribution in [-0.4, -0.2) is 38.2 Å². The monoisotopic (exact) mass is 290 g/mol. The Morgan fingerprint density at radius 2 is 2.10 bits per heavy atom. The van der Waals surface area contributed by atoms with Gasteiger partial charge in [0, 0.05) is 26.2 Å². The third-order valence-electron chi connectivity index (χ3n) is 3.82. The maximum atomic E-state index is 14.0. The summed E-state index contributed by atoms with van der Waals surface area (Å²) in [7, 11) is 1.47. The average Bonchev–Trinajstić information content (AvgIpc) is 3.03. The molecule has 1 aromatic heterocycles. The number of ether oxygens (including phenoxy) is 1. The zero-order chi connectivity index (χ0) is 14.7. The number of benzene rings is 1. The molecule has 0 aliphatic carbocycles. The maximum Gasteiger partial charge on any atom is 0.165 e. The molecule has 1 aromatic carbocycles. The first-order chi connectivity index (χ1) is 10.3. The Balaban J connectivity index is 1.96. The first kappa shape index (κ1) is 14.1. The van der Waals surface area contributed by atoms with Crippen molar-refractivity contribution in [3.05, 3.63) is 53.7 Å². The van der Waals surface area contributed by atoms with Gasteiger partial charge in [-0.25, -0.2) is 4.39 Å². The average molecular weight is 290 g/mol. The normalized spacial score (nSPS) is 17.6. The second-order valence-electron chi connectivity index (χ2n) is 5.10. The van der Waals surface area contributed by atoms with Crippen molar-refractivity contribution in [2.45, 2.75) is 6.04 Å². The fourth-order valence-corrected chi connectivity index (χ4v) is 2.79. The lowest BCUT2D eigenvalue weighted by atomic mass is 10.0. The summed E-state index contributed by atoms with van der Waals surface area (Å²) < 4.78 is 24.6. The second-order valence-corrected chi connectivity index (χ2v) is 5.10. The number of nitrogens with zero attached hydrogens (tertiary/aromatic N) is 1. The van der Waals surface area contributed by atoms with Crippen LogP contribution < -0.4 is 10.1 Å². The van der Waals surface area contributed by atoms with Crippen molar-refractivity contribution in [2.75, 3.05) is 33.3 Å². The van der Waals surface area contributed by atoms with Gasteiger partial charge in [0.2, 0.25) is 0 Å². The van der Waals surface area contributed by atoms with E-state index in [1.54, 1.807) is 12.3 Å². The fourth-order valence-electron chi connectivity index (χ4n) is 2.79. The molecule has 1 fully saturated rings. The molecule has 0 saturated carbocycles. The van der Waals surface area contributed by atoms with E-state index in [2.05, 4.69) is 10.2 Å². The quantitative estimate of drug-likeness (QED) is 0.938. The molecule has 1 N–H and O–H groups in total. The Kier molecular flexibility index (Phi) is 4.22. The smallest absolute Gasteiger partial charge is 0.165 e. The van der Waals surface area contributed by atoms with Crippen LogP contribution >= 0.6 is 0 Å². The number of hydrogen-bond acceptors (Lipinski definition) is 4. The van der Waals surface area contributed by atoms with E-state index in [0.717, 1.165) is 37.5 Å². The van der Waals surface area contributed by atoms with Gasteiger partial charge in [-0.15, -0.1) is 0 Å². The van der Waals surface area contributed by atoms with Gasteiger partial charge >= 0.3 is 0 Å². The highest BCUT2D eigenvalue weighted by Gasteiger charge is 2.26. The predicted octanol–water partition coefficient (Wildman–Crippen LogP) is 2.42. The highest BCUT2D eigenvalue weighted by molar-refractivity contribution is 5.34. The largest absolute Gasteiger partial charge is 0.494 e. The van der Waals surface area contributed by atoms with Crippen LogP contribution in [0.5, 0.6) is 5.75 Å². The zero-order valence-electron chi connectivity index (χ0n) is 12.0. The van der Waals surface area contributed by atoms with E-state index >= 15 is 0 Å². The Labute approximate surface area is 123 Å². The summed E-state index contributed by atoms with van der Waals surface area (Å²) in [6.07, 6.45) is 1.66. The van der Waals surface area contributed by atoms with Crippen molar-refractivity contribution in [1.82, 2.24) is 10.2 Å². The number of nitrogens with one attached hydrogen (secondary N) is 1. The summed E-state index contributed by atoms with van der Waals surface area (Å²) in [6, 6.07) is 8.84. The summed E-state index contributed by atoms with van der Waals surface area (Å²) in [6.45, 7) is 3.66. The van der Waals surface area contributed by atoms with Crippen molar-refractivity contribution in [2.24, 2.45) is 0 Å². The van der Waals surface area contributed by atoms with Gasteiger partial charge in [0.1, 0.15) is 5.76 Å². The van der Waals surface area contributed by atoms with Gasteiger partial charge in [-0.2, -0.15) is 0 Å². The standard InChI is InChI=1S/C16H19FN2O2/c1-20-14-5-4-12(11-13(14)17)16(15-3-2-10-21-15)19-8-6-18-7-9-19/h2-5,10-11,16,18H,6-9H2,1H3/t16-/m1/s1. The first-order valence-corrected chi connectivity index (χ1v) is 7.11. The van der Waals surface area contributed by atoms with Gasteiger partial charge in [0.05, 0.1) is 19.4 Å². The van der Waals surface area contributed by atoms with E-state index in [0.29, 0.717) is 0 Å². The summed E-state index contributed by atoms with van der Waals surface area (Å²) in [5, 5.41) is 3.33. The number of furan rings is 1. The van der Waals surface area contributed by atoms with Crippen LogP contribution in [0.15, 0.2) is 41.0 Å². The molecule has 0 spiro atoms. The summed E-state index contributed by atoms with van der Waals surface area (Å²) in [5.74, 6) is 0.750. The van der Waals surface area contributed by atoms with Gasteiger partial charge in [0.25, 0.3) is 0 Å². The molecule has 2 aromatic rings. The van der Waals surface area contributed by atoms with Gasteiger partial charge in [-0.3, -0.25) is 4.90 Å². The van der Waals surface area contributed by atoms with Crippen LogP contribution in [0.1, 0.15) is 17.4 Å². The molecule has 4 nitrogen and oxygen atoms in total. The molecule has 1 atom stereocenters. The van der Waals surface area contributed by atoms with Gasteiger partial charge in [0.15, 0.2) is 11.6 Å². The third-order valence-corrected chi connectivity index (χ3v) is 3.82. The molecule has 1 aliphatic heterocycles. The van der Waals surface area contributed by atoms with Gasteiger partial charge in [-0.1, -0.05) is 6.07 Å². The van der Waals surface area contributed by atoms with Crippen LogP contribution in [0, 0.1) is 5.82 Å². The number of halogens is 1. The van der Waals surface area contributed by atoms with Crippen LogP contribution in [-0.2, 0) is 0 Å². The van der Waals surface area contributed by atoms with E-state index in [1.165, 1.54) is 13.2 Å². The van der Waals surface area contributed by atoms with Gasteiger partial charge < -0.3 is 14.5 Å². The van der Waals surface area contributed by atoms with Crippen LogP contribution in [0.25, 0.3) is 0 Å². The summed E-state index contributed by atoms with van der Waals surface area (Å²) in [5.41, 5.74) is 0.880. The predicted molar refractivity (Wildman–Crippen MR) is 77.9 cm³/mol. The molecule has 0 bridgehead atoms. The molecule has 21 heavy (non-hydrogen) atoms. The summed E-state index contributed by atoms with van der Waals surface area (Å²) >= 11 is 0. The van der Waals surface area contributed by atoms with E-state index < -0.39 is 0 Å². The molecule has 1 aliphatic rings. The number of rotatable bonds is 4. The fraction of sp³-hybridized carbons (Fsp3) is 0.375. The molecule has 112 valence electrons. The molecule has 2 heterocycles. The lowest BCUT2D eigenvalue weighted by Gasteiger charge is -2.34. The molecule has 0 unspecified atom stereocenters. The van der Waals surface area contributed by atoms with E-state index in [1.807, 2.05) is 18.2 Å². The van der Waals surface area contributed by atoms with E-state index in [-0.39, 0.29) is 17.6 Å². The zero-order valence-corrected chi connectivity index (χ0v) is 12.0. The first-order valence-electron chi connectivity index (χ1n) is 7.11. The number of piperazine rings is 1. The lowest BCUT2D eigenvalue weighted by Crippen LogP contribution is -2.45. The third kappa shape index (κ3) is 2.94. The van der Waals surface area contributed by atoms with Gasteiger partial charge in [-0.05, 0) is 29.8 Å². The Hall–Kier alpha value is -1.85. The van der Waals surface area contributed by atoms with Crippen molar-refractivity contribution >= 4 is 0 Å². The number of hydrogen-bond donors (Lipinski definition) is 1. The SMILES string of the molecule is COc1ccc([C@H](c2ccco2)N2CCNCC2)cc1F. The Bertz CT molecular complexity index is 580.